The van der Waals surface area contributed by atoms with Crippen LogP contribution in [0.4, 0.5) is 0 Å². The van der Waals surface area contributed by atoms with Crippen molar-refractivity contribution in [2.75, 3.05) is 30.9 Å². The van der Waals surface area contributed by atoms with Crippen molar-refractivity contribution in [2.24, 2.45) is 11.7 Å². The average molecular weight is 333 g/mol. The van der Waals surface area contributed by atoms with Crippen LogP contribution < -0.4 is 5.73 Å². The summed E-state index contributed by atoms with van der Waals surface area (Å²) >= 11 is 8.97. The van der Waals surface area contributed by atoms with Gasteiger partial charge < -0.3 is 10.6 Å². The Balaban J connectivity index is 1.83. The van der Waals surface area contributed by atoms with Gasteiger partial charge in [0.05, 0.1) is 9.74 Å². The zero-order valence-electron chi connectivity index (χ0n) is 12.1. The molecule has 0 spiro atoms. The summed E-state index contributed by atoms with van der Waals surface area (Å²) in [6, 6.07) is 0. The lowest BCUT2D eigenvalue weighted by molar-refractivity contribution is -0.133. The molecule has 2 fully saturated rings. The third kappa shape index (κ3) is 3.83. The van der Waals surface area contributed by atoms with Gasteiger partial charge in [0.15, 0.2) is 0 Å². The normalized spacial score (nSPS) is 23.6. The van der Waals surface area contributed by atoms with Gasteiger partial charge in [-0.1, -0.05) is 12.2 Å². The summed E-state index contributed by atoms with van der Waals surface area (Å²) < 4.78 is -0.0897. The molecule has 6 heteroatoms. The summed E-state index contributed by atoms with van der Waals surface area (Å²) in [5.41, 5.74) is 5.89. The van der Waals surface area contributed by atoms with Crippen molar-refractivity contribution in [3.8, 4) is 0 Å². The second kappa shape index (κ2) is 7.36. The van der Waals surface area contributed by atoms with E-state index < -0.39 is 0 Å². The zero-order chi connectivity index (χ0) is 14.6. The van der Waals surface area contributed by atoms with Crippen molar-refractivity contribution in [1.29, 1.82) is 0 Å². The highest BCUT2D eigenvalue weighted by atomic mass is 32.2. The summed E-state index contributed by atoms with van der Waals surface area (Å²) in [4.78, 5) is 15.0. The molecule has 114 valence electrons. The fourth-order valence-electron chi connectivity index (χ4n) is 3.00. The molecule has 20 heavy (non-hydrogen) atoms. The van der Waals surface area contributed by atoms with Crippen LogP contribution in [0.15, 0.2) is 0 Å². The Morgan fingerprint density at radius 2 is 2.00 bits per heavy atom. The van der Waals surface area contributed by atoms with Crippen molar-refractivity contribution in [2.45, 2.75) is 36.9 Å². The van der Waals surface area contributed by atoms with E-state index in [1.165, 1.54) is 24.3 Å². The molecule has 0 aromatic carbocycles. The van der Waals surface area contributed by atoms with Crippen LogP contribution in [0.1, 0.15) is 32.1 Å². The van der Waals surface area contributed by atoms with E-state index in [0.29, 0.717) is 16.8 Å². The number of piperidine rings is 1. The van der Waals surface area contributed by atoms with Crippen molar-refractivity contribution in [3.63, 3.8) is 0 Å². The number of carbonyl (C=O) groups is 1. The summed E-state index contributed by atoms with van der Waals surface area (Å²) in [6.45, 7) is 1.61. The van der Waals surface area contributed by atoms with Gasteiger partial charge in [0, 0.05) is 19.5 Å². The summed E-state index contributed by atoms with van der Waals surface area (Å²) in [7, 11) is 0. The lowest BCUT2D eigenvalue weighted by Gasteiger charge is -2.40. The third-order valence-corrected chi connectivity index (χ3v) is 7.55. The van der Waals surface area contributed by atoms with E-state index >= 15 is 0 Å². The maximum atomic E-state index is 12.4. The molecule has 2 aliphatic heterocycles. The minimum Gasteiger partial charge on any atom is -0.392 e. The summed E-state index contributed by atoms with van der Waals surface area (Å²) in [5.74, 6) is 3.37. The van der Waals surface area contributed by atoms with E-state index in [9.17, 15) is 4.79 Å². The SMILES string of the molecule is CSC1(C(N)=S)CCN(C(=O)CC2CCSCC2)CC1. The number of hydrogen-bond donors (Lipinski definition) is 1. The number of amides is 1. The topological polar surface area (TPSA) is 46.3 Å². The van der Waals surface area contributed by atoms with Crippen LogP contribution in [-0.4, -0.2) is 51.4 Å². The van der Waals surface area contributed by atoms with E-state index in [0.717, 1.165) is 32.4 Å². The molecule has 2 aliphatic rings. The van der Waals surface area contributed by atoms with Gasteiger partial charge in [-0.3, -0.25) is 4.79 Å². The van der Waals surface area contributed by atoms with Crippen molar-refractivity contribution in [1.82, 2.24) is 4.90 Å². The number of hydrogen-bond acceptors (Lipinski definition) is 4. The fraction of sp³-hybridized carbons (Fsp3) is 0.857. The number of nitrogens with zero attached hydrogens (tertiary/aromatic N) is 1. The molecular weight excluding hydrogens is 308 g/mol. The Morgan fingerprint density at radius 1 is 1.40 bits per heavy atom. The van der Waals surface area contributed by atoms with E-state index in [2.05, 4.69) is 6.26 Å². The van der Waals surface area contributed by atoms with Crippen molar-refractivity contribution >= 4 is 46.6 Å². The standard InChI is InChI=1S/C14H24N2OS3/c1-19-14(13(15)18)4-6-16(7-5-14)12(17)10-11-2-8-20-9-3-11/h11H,2-10H2,1H3,(H2,15,18). The van der Waals surface area contributed by atoms with Gasteiger partial charge >= 0.3 is 0 Å². The number of rotatable bonds is 4. The lowest BCUT2D eigenvalue weighted by Crippen LogP contribution is -2.50. The van der Waals surface area contributed by atoms with Gasteiger partial charge in [0.1, 0.15) is 0 Å². The fourth-order valence-corrected chi connectivity index (χ4v) is 5.45. The molecule has 0 aliphatic carbocycles. The first kappa shape index (κ1) is 16.4. The van der Waals surface area contributed by atoms with Gasteiger partial charge in [0.25, 0.3) is 0 Å². The molecule has 0 atom stereocenters. The summed E-state index contributed by atoms with van der Waals surface area (Å²) in [5, 5.41) is 0. The molecule has 2 heterocycles. The van der Waals surface area contributed by atoms with Crippen LogP contribution in [0.3, 0.4) is 0 Å². The minimum absolute atomic E-state index is 0.0897. The van der Waals surface area contributed by atoms with Gasteiger partial charge in [-0.05, 0) is 49.4 Å². The molecule has 2 N–H and O–H groups in total. The molecule has 0 bridgehead atoms. The number of carbonyl (C=O) groups excluding carboxylic acids is 1. The monoisotopic (exact) mass is 332 g/mol. The Hall–Kier alpha value is 0.0600. The van der Waals surface area contributed by atoms with Crippen LogP contribution in [-0.2, 0) is 4.79 Å². The first-order chi connectivity index (χ1) is 9.57. The van der Waals surface area contributed by atoms with Gasteiger partial charge in [0.2, 0.25) is 5.91 Å². The van der Waals surface area contributed by atoms with Crippen LogP contribution in [0.2, 0.25) is 0 Å². The number of nitrogens with two attached hydrogens (primary N) is 1. The molecule has 2 saturated heterocycles. The van der Waals surface area contributed by atoms with Gasteiger partial charge in [-0.15, -0.1) is 0 Å². The molecule has 1 amide bonds. The quantitative estimate of drug-likeness (QED) is 0.802. The first-order valence-electron chi connectivity index (χ1n) is 7.28. The molecule has 3 nitrogen and oxygen atoms in total. The maximum Gasteiger partial charge on any atom is 0.222 e. The van der Waals surface area contributed by atoms with Gasteiger partial charge in [-0.2, -0.15) is 23.5 Å². The molecule has 0 radical (unpaired) electrons. The highest BCUT2D eigenvalue weighted by Crippen LogP contribution is 2.35. The highest BCUT2D eigenvalue weighted by Gasteiger charge is 2.38. The maximum absolute atomic E-state index is 12.4. The largest absolute Gasteiger partial charge is 0.392 e. The second-order valence-corrected chi connectivity index (χ2v) is 8.56. The lowest BCUT2D eigenvalue weighted by atomic mass is 9.93. The van der Waals surface area contributed by atoms with Crippen molar-refractivity contribution < 1.29 is 4.79 Å². The first-order valence-corrected chi connectivity index (χ1v) is 10.1. The van der Waals surface area contributed by atoms with Crippen LogP contribution in [0.5, 0.6) is 0 Å². The predicted octanol–water partition coefficient (Wildman–Crippen LogP) is 2.53. The minimum atomic E-state index is -0.0897. The number of thioether (sulfide) groups is 2. The molecule has 0 aromatic heterocycles. The van der Waals surface area contributed by atoms with E-state index in [1.807, 2.05) is 16.7 Å². The van der Waals surface area contributed by atoms with Crippen molar-refractivity contribution in [3.05, 3.63) is 0 Å². The Bertz CT molecular complexity index is 361. The van der Waals surface area contributed by atoms with Crippen LogP contribution >= 0.6 is 35.7 Å². The van der Waals surface area contributed by atoms with E-state index in [-0.39, 0.29) is 4.75 Å². The number of likely N-dealkylation sites (tertiary alicyclic amines) is 1. The number of thiocarbonyl (C=S) groups is 1. The molecule has 0 aromatic rings. The Labute approximate surface area is 135 Å². The molecule has 0 saturated carbocycles. The predicted molar refractivity (Wildman–Crippen MR) is 93.5 cm³/mol. The average Bonchev–Trinajstić information content (AvgIpc) is 2.48. The third-order valence-electron chi connectivity index (χ3n) is 4.57. The molecule has 2 rings (SSSR count). The summed E-state index contributed by atoms with van der Waals surface area (Å²) in [6.07, 6.45) is 7.00. The Morgan fingerprint density at radius 3 is 2.50 bits per heavy atom. The van der Waals surface area contributed by atoms with E-state index in [1.54, 1.807) is 11.8 Å². The van der Waals surface area contributed by atoms with Crippen LogP contribution in [0, 0.1) is 5.92 Å². The highest BCUT2D eigenvalue weighted by molar-refractivity contribution is 8.02. The molecular formula is C14H24N2OS3. The van der Waals surface area contributed by atoms with Gasteiger partial charge in [-0.25, -0.2) is 0 Å². The van der Waals surface area contributed by atoms with Crippen LogP contribution in [0.25, 0.3) is 0 Å². The Kier molecular flexibility index (Phi) is 6.05. The molecule has 0 unspecified atom stereocenters. The van der Waals surface area contributed by atoms with E-state index in [4.69, 9.17) is 18.0 Å². The second-order valence-electron chi connectivity index (χ2n) is 5.70. The zero-order valence-corrected chi connectivity index (χ0v) is 14.5. The smallest absolute Gasteiger partial charge is 0.222 e.